The smallest absolute Gasteiger partial charge is 0.407 e. The van der Waals surface area contributed by atoms with Gasteiger partial charge in [0.05, 0.1) is 0 Å². The predicted molar refractivity (Wildman–Crippen MR) is 363 cm³/mol. The largest absolute Gasteiger partial charge is 0.508 e. The molecule has 3 saturated carbocycles. The van der Waals surface area contributed by atoms with Crippen LogP contribution in [0.25, 0.3) is 0 Å². The predicted octanol–water partition coefficient (Wildman–Crippen LogP) is 18.8. The van der Waals surface area contributed by atoms with Crippen molar-refractivity contribution < 1.29 is 61.2 Å². The lowest BCUT2D eigenvalue weighted by Gasteiger charge is -2.49. The molecule has 5 N–H and O–H groups in total. The number of alkyl carbamates (subject to hydrolysis) is 2. The number of esters is 2. The van der Waals surface area contributed by atoms with Crippen LogP contribution in [0.5, 0.6) is 17.2 Å². The fourth-order valence-corrected chi connectivity index (χ4v) is 15.7. The maximum Gasteiger partial charge on any atom is 0.407 e. The number of nitrogens with one attached hydrogen (secondary N) is 2. The van der Waals surface area contributed by atoms with Gasteiger partial charge in [0.25, 0.3) is 0 Å². The third-order valence-electron chi connectivity index (χ3n) is 20.4. The van der Waals surface area contributed by atoms with Crippen LogP contribution >= 0.6 is 11.6 Å². The summed E-state index contributed by atoms with van der Waals surface area (Å²) in [5.74, 6) is -0.356. The monoisotopic (exact) mass is 1320 g/mol. The molecule has 0 unspecified atom stereocenters. The first kappa shape index (κ1) is 76.7. The Morgan fingerprint density at radius 3 is 1.27 bits per heavy atom. The summed E-state index contributed by atoms with van der Waals surface area (Å²) in [6.45, 7) is 23.7. The summed E-state index contributed by atoms with van der Waals surface area (Å²) in [7, 11) is 0. The van der Waals surface area contributed by atoms with Crippen molar-refractivity contribution in [1.82, 2.24) is 10.6 Å². The molecule has 3 aromatic rings. The number of carbonyl (C=O) groups is 5. The molecule has 6 bridgehead atoms. The fraction of sp³-hybridized carbons (Fsp3) is 0.697. The number of benzene rings is 3. The van der Waals surface area contributed by atoms with Crippen molar-refractivity contribution in [3.63, 3.8) is 0 Å². The number of unbranched alkanes of at least 4 members (excludes halogenated alkanes) is 6. The minimum atomic E-state index is -0.592. The average Bonchev–Trinajstić information content (AvgIpc) is 0.756. The Hall–Kier alpha value is -5.35. The van der Waals surface area contributed by atoms with E-state index in [1.54, 1.807) is 6.07 Å². The first-order valence-corrected chi connectivity index (χ1v) is 35.8. The van der Waals surface area contributed by atoms with Crippen molar-refractivity contribution >= 4 is 41.0 Å². The third kappa shape index (κ3) is 21.3. The molecule has 93 heavy (non-hydrogen) atoms. The van der Waals surface area contributed by atoms with E-state index >= 15 is 4.39 Å². The molecule has 520 valence electrons. The molecule has 6 aliphatic rings. The fourth-order valence-electron chi connectivity index (χ4n) is 15.6. The molecular weight excluding hydrogens is 1210 g/mol. The first-order valence-electron chi connectivity index (χ1n) is 35.4. The summed E-state index contributed by atoms with van der Waals surface area (Å²) in [4.78, 5) is 59.7. The number of amides is 2. The second-order valence-corrected chi connectivity index (χ2v) is 30.6. The Morgan fingerprint density at radius 2 is 0.871 bits per heavy atom. The average molecular weight is 1320 g/mol. The minimum Gasteiger partial charge on any atom is -0.508 e. The van der Waals surface area contributed by atoms with Gasteiger partial charge in [0.2, 0.25) is 5.24 Å². The van der Waals surface area contributed by atoms with E-state index in [0.29, 0.717) is 61.3 Å². The van der Waals surface area contributed by atoms with E-state index in [9.17, 15) is 37.9 Å². The number of nitrogens with two attached hydrogens (primary N) is 1. The molecular formula is C76H113ClF3N3O10. The van der Waals surface area contributed by atoms with Crippen LogP contribution in [0.3, 0.4) is 0 Å². The molecule has 2 amide bonds. The lowest BCUT2D eigenvalue weighted by molar-refractivity contribution is -0.135. The number of phenols is 1. The molecule has 13 nitrogen and oxygen atoms in total. The summed E-state index contributed by atoms with van der Waals surface area (Å²) in [6.07, 6.45) is 26.6. The lowest BCUT2D eigenvalue weighted by atomic mass is 9.59. The molecule has 9 rings (SSSR count). The van der Waals surface area contributed by atoms with Gasteiger partial charge >= 0.3 is 24.1 Å². The summed E-state index contributed by atoms with van der Waals surface area (Å²) < 4.78 is 66.8. The topological polar surface area (TPSA) is 193 Å². The molecule has 6 aliphatic carbocycles. The number of carbonyl (C=O) groups excluding carboxylic acids is 5. The Morgan fingerprint density at radius 1 is 0.516 bits per heavy atom. The van der Waals surface area contributed by atoms with E-state index in [0.717, 1.165) is 164 Å². The van der Waals surface area contributed by atoms with Gasteiger partial charge in [0.15, 0.2) is 0 Å². The van der Waals surface area contributed by atoms with Crippen LogP contribution in [0.15, 0.2) is 36.4 Å². The number of aromatic hydroxyl groups is 1. The maximum atomic E-state index is 15.3. The molecule has 0 aliphatic heterocycles. The first-order chi connectivity index (χ1) is 43.9. The zero-order chi connectivity index (χ0) is 68.5. The molecule has 0 heterocycles. The van der Waals surface area contributed by atoms with Gasteiger partial charge in [-0.3, -0.25) is 14.4 Å². The van der Waals surface area contributed by atoms with E-state index in [1.165, 1.54) is 31.0 Å². The highest BCUT2D eigenvalue weighted by Gasteiger charge is 2.50. The van der Waals surface area contributed by atoms with Gasteiger partial charge in [-0.2, -0.15) is 0 Å². The number of halogens is 4. The molecule has 0 saturated heterocycles. The van der Waals surface area contributed by atoms with Gasteiger partial charge in [-0.1, -0.05) is 138 Å². The van der Waals surface area contributed by atoms with Gasteiger partial charge in [-0.15, -0.1) is 0 Å². The van der Waals surface area contributed by atoms with Gasteiger partial charge in [-0.25, -0.2) is 22.8 Å². The quantitative estimate of drug-likeness (QED) is 0.0462. The summed E-state index contributed by atoms with van der Waals surface area (Å²) in [5.41, 5.74) is 9.16. The van der Waals surface area contributed by atoms with Crippen LogP contribution in [0.4, 0.5) is 22.8 Å². The Kier molecular flexibility index (Phi) is 28.5. The van der Waals surface area contributed by atoms with Gasteiger partial charge in [0, 0.05) is 71.8 Å². The molecule has 0 spiro atoms. The normalized spacial score (nSPS) is 25.4. The van der Waals surface area contributed by atoms with Crippen LogP contribution < -0.4 is 25.8 Å². The van der Waals surface area contributed by atoms with Crippen molar-refractivity contribution in [2.24, 2.45) is 23.5 Å². The highest BCUT2D eigenvalue weighted by Crippen LogP contribution is 2.51. The number of phenolic OH excluding ortho intramolecular Hbond substituents is 1. The van der Waals surface area contributed by atoms with E-state index in [-0.39, 0.29) is 81.5 Å². The van der Waals surface area contributed by atoms with Crippen molar-refractivity contribution in [3.05, 3.63) is 87.2 Å². The van der Waals surface area contributed by atoms with E-state index in [1.807, 2.05) is 53.7 Å². The van der Waals surface area contributed by atoms with Gasteiger partial charge in [0.1, 0.15) is 45.9 Å². The van der Waals surface area contributed by atoms with Crippen molar-refractivity contribution in [3.8, 4) is 17.2 Å². The van der Waals surface area contributed by atoms with Crippen LogP contribution in [0, 0.1) is 35.2 Å². The minimum absolute atomic E-state index is 0.0326. The van der Waals surface area contributed by atoms with E-state index < -0.39 is 34.2 Å². The molecule has 3 fully saturated rings. The van der Waals surface area contributed by atoms with Crippen LogP contribution in [-0.4, -0.2) is 63.8 Å². The second-order valence-electron chi connectivity index (χ2n) is 30.2. The standard InChI is InChI=1S/C27H40FNO4.C22H32FNO2.C21H30FNO3.C6H11ClO/c1-6-7-9-13-23(30)32-19-16-21-20(22(28)17-19)15-18-12-10-8-11-14-27(21,5)24(18)29-25(31)33-26(2,3)4;1-3-4-6-10-20(25)26-16-13-18-17(19(23)14-16)12-15-9-7-5-8-11-22(18,2)21(15)24;1-20(2,3)26-19(25)23-18-13-8-6-5-7-9-21(18,4)16-11-14(24)12-17(22)15(16)10-13;1-2-3-4-5-6(7)8/h16-18,24H,6-15H2,1-5H3,(H,29,31);13-15,21H,3-12,24H2,1-2H3;11-13,18,24H,5-10H2,1-4H3,(H,23,25);2-5H2,1H3/t18-,24-,27+;15-,21-,22+;13-,18-,21+;/m000./s1. The maximum absolute atomic E-state index is 15.3. The van der Waals surface area contributed by atoms with Gasteiger partial charge in [-0.05, 0) is 200 Å². The molecule has 0 aromatic heterocycles. The Balaban J connectivity index is 0.000000210. The number of ether oxygens (including phenoxy) is 4. The number of hydrogen-bond acceptors (Lipinski definition) is 11. The Bertz CT molecular complexity index is 3000. The highest BCUT2D eigenvalue weighted by atomic mass is 35.5. The van der Waals surface area contributed by atoms with Crippen molar-refractivity contribution in [2.75, 3.05) is 0 Å². The molecule has 3 aromatic carbocycles. The number of hydrogen-bond donors (Lipinski definition) is 4. The van der Waals surface area contributed by atoms with Crippen molar-refractivity contribution in [1.29, 1.82) is 0 Å². The highest BCUT2D eigenvalue weighted by molar-refractivity contribution is 6.63. The zero-order valence-corrected chi connectivity index (χ0v) is 59.1. The second kappa shape index (κ2) is 34.5. The zero-order valence-electron chi connectivity index (χ0n) is 58.4. The number of rotatable bonds is 16. The van der Waals surface area contributed by atoms with E-state index in [4.69, 9.17) is 36.3 Å². The van der Waals surface area contributed by atoms with E-state index in [2.05, 4.69) is 52.2 Å². The number of fused-ring (bicyclic) bond motifs is 12. The van der Waals surface area contributed by atoms with Crippen molar-refractivity contribution in [2.45, 2.75) is 321 Å². The Labute approximate surface area is 559 Å². The van der Waals surface area contributed by atoms with Crippen LogP contribution in [-0.2, 0) is 59.4 Å². The third-order valence-corrected chi connectivity index (χ3v) is 20.6. The summed E-state index contributed by atoms with van der Waals surface area (Å²) in [5, 5.41) is 16.0. The SMILES string of the molecule is CC(C)(C)OC(=O)N[C@H]1[C@H]2CCCCC[C@]1(C)c1cc(O)cc(F)c1C2.CCCCCC(=O)Cl.CCCCCC(=O)Oc1cc(F)c2c(c1)[C@@]1(C)CCCCC[C@@H](C2)[C@@H]1N.CCCCCC(=O)Oc1cc(F)c2c(c1)[C@@]1(C)CCCCC[C@@H](C2)[C@@H]1NC(=O)OC(C)(C)C. The lowest BCUT2D eigenvalue weighted by Crippen LogP contribution is -2.57. The van der Waals surface area contributed by atoms with Crippen LogP contribution in [0.1, 0.15) is 290 Å². The summed E-state index contributed by atoms with van der Waals surface area (Å²) >= 11 is 5.07. The summed E-state index contributed by atoms with van der Waals surface area (Å²) in [6, 6.07) is 9.06. The van der Waals surface area contributed by atoms with Crippen LogP contribution in [0.2, 0.25) is 0 Å². The van der Waals surface area contributed by atoms with Gasteiger partial charge < -0.3 is 40.4 Å². The molecule has 17 heteroatoms. The molecule has 9 atom stereocenters. The molecule has 0 radical (unpaired) electrons.